The normalized spacial score (nSPS) is 9.86. The number of hydrogen-bond donors (Lipinski definition) is 1. The van der Waals surface area contributed by atoms with Gasteiger partial charge in [-0.05, 0) is 23.8 Å². The molecule has 114 valence electrons. The molecule has 21 heavy (non-hydrogen) atoms. The summed E-state index contributed by atoms with van der Waals surface area (Å²) in [4.78, 5) is 0. The highest BCUT2D eigenvalue weighted by Gasteiger charge is 2.04. The predicted octanol–water partition coefficient (Wildman–Crippen LogP) is 3.71. The zero-order valence-electron chi connectivity index (χ0n) is 12.1. The van der Waals surface area contributed by atoms with E-state index >= 15 is 0 Å². The monoisotopic (exact) mass is 355 g/mol. The molecule has 2 aromatic rings. The minimum Gasteiger partial charge on any atom is -0.497 e. The second-order valence-electron chi connectivity index (χ2n) is 4.41. The fourth-order valence-corrected chi connectivity index (χ4v) is 1.94. The molecule has 3 nitrogen and oxygen atoms in total. The van der Waals surface area contributed by atoms with Gasteiger partial charge in [-0.25, -0.2) is 4.39 Å². The number of nitrogens with one attached hydrogen (secondary N) is 1. The molecule has 0 amide bonds. The Labute approximate surface area is 134 Å². The van der Waals surface area contributed by atoms with Gasteiger partial charge in [0, 0.05) is 24.7 Å². The Morgan fingerprint density at radius 2 is 1.67 bits per heavy atom. The SMILES string of the molecule is Br.COc1ccc(CNCc2ccc(F)cc2)c(OC)c1. The lowest BCUT2D eigenvalue weighted by Gasteiger charge is -2.11. The number of hydrogen-bond acceptors (Lipinski definition) is 3. The molecule has 2 rings (SSSR count). The number of rotatable bonds is 6. The van der Waals surface area contributed by atoms with Crippen LogP contribution in [0.5, 0.6) is 11.5 Å². The first-order chi connectivity index (χ1) is 9.72. The first-order valence-electron chi connectivity index (χ1n) is 6.39. The van der Waals surface area contributed by atoms with Crippen LogP contribution in [0.2, 0.25) is 0 Å². The lowest BCUT2D eigenvalue weighted by atomic mass is 10.1. The molecule has 0 aromatic heterocycles. The van der Waals surface area contributed by atoms with Crippen molar-refractivity contribution in [2.45, 2.75) is 13.1 Å². The second-order valence-corrected chi connectivity index (χ2v) is 4.41. The topological polar surface area (TPSA) is 30.5 Å². The Morgan fingerprint density at radius 3 is 2.29 bits per heavy atom. The van der Waals surface area contributed by atoms with Crippen molar-refractivity contribution in [2.75, 3.05) is 14.2 Å². The van der Waals surface area contributed by atoms with E-state index in [0.717, 1.165) is 22.6 Å². The summed E-state index contributed by atoms with van der Waals surface area (Å²) >= 11 is 0. The Hall–Kier alpha value is -1.59. The minimum absolute atomic E-state index is 0. The average molecular weight is 356 g/mol. The maximum absolute atomic E-state index is 12.8. The number of methoxy groups -OCH3 is 2. The number of halogens is 2. The summed E-state index contributed by atoms with van der Waals surface area (Å²) in [5, 5.41) is 3.31. The maximum atomic E-state index is 12.8. The minimum atomic E-state index is -0.217. The van der Waals surface area contributed by atoms with Crippen molar-refractivity contribution in [3.8, 4) is 11.5 Å². The summed E-state index contributed by atoms with van der Waals surface area (Å²) in [5.41, 5.74) is 2.09. The van der Waals surface area contributed by atoms with E-state index in [9.17, 15) is 4.39 Å². The summed E-state index contributed by atoms with van der Waals surface area (Å²) in [7, 11) is 3.26. The van der Waals surface area contributed by atoms with Crippen molar-refractivity contribution in [3.05, 3.63) is 59.4 Å². The lowest BCUT2D eigenvalue weighted by molar-refractivity contribution is 0.390. The fourth-order valence-electron chi connectivity index (χ4n) is 1.94. The van der Waals surface area contributed by atoms with Gasteiger partial charge in [0.1, 0.15) is 17.3 Å². The molecule has 0 unspecified atom stereocenters. The fraction of sp³-hybridized carbons (Fsp3) is 0.250. The van der Waals surface area contributed by atoms with Gasteiger partial charge in [0.15, 0.2) is 0 Å². The van der Waals surface area contributed by atoms with Gasteiger partial charge in [0.2, 0.25) is 0 Å². The third kappa shape index (κ3) is 5.02. The smallest absolute Gasteiger partial charge is 0.127 e. The van der Waals surface area contributed by atoms with Crippen LogP contribution in [0.1, 0.15) is 11.1 Å². The molecule has 0 fully saturated rings. The molecule has 0 bridgehead atoms. The second kappa shape index (κ2) is 8.64. The third-order valence-electron chi connectivity index (χ3n) is 3.05. The van der Waals surface area contributed by atoms with E-state index in [1.54, 1.807) is 26.4 Å². The van der Waals surface area contributed by atoms with Crippen molar-refractivity contribution < 1.29 is 13.9 Å². The maximum Gasteiger partial charge on any atom is 0.127 e. The molecule has 0 spiro atoms. The van der Waals surface area contributed by atoms with Crippen molar-refractivity contribution in [1.82, 2.24) is 5.32 Å². The van der Waals surface area contributed by atoms with E-state index in [1.165, 1.54) is 12.1 Å². The molecule has 0 saturated heterocycles. The Bertz CT molecular complexity index is 561. The van der Waals surface area contributed by atoms with Gasteiger partial charge in [-0.15, -0.1) is 17.0 Å². The van der Waals surface area contributed by atoms with E-state index < -0.39 is 0 Å². The van der Waals surface area contributed by atoms with Gasteiger partial charge >= 0.3 is 0 Å². The van der Waals surface area contributed by atoms with Crippen LogP contribution >= 0.6 is 17.0 Å². The molecule has 0 saturated carbocycles. The molecule has 0 radical (unpaired) electrons. The Morgan fingerprint density at radius 1 is 0.952 bits per heavy atom. The van der Waals surface area contributed by atoms with Crippen molar-refractivity contribution in [1.29, 1.82) is 0 Å². The summed E-state index contributed by atoms with van der Waals surface area (Å²) < 4.78 is 23.3. The lowest BCUT2D eigenvalue weighted by Crippen LogP contribution is -2.13. The molecule has 0 aliphatic carbocycles. The highest BCUT2D eigenvalue weighted by atomic mass is 79.9. The van der Waals surface area contributed by atoms with Crippen molar-refractivity contribution >= 4 is 17.0 Å². The van der Waals surface area contributed by atoms with E-state index in [2.05, 4.69) is 5.32 Å². The van der Waals surface area contributed by atoms with Gasteiger partial charge in [0.05, 0.1) is 14.2 Å². The van der Waals surface area contributed by atoms with E-state index in [4.69, 9.17) is 9.47 Å². The van der Waals surface area contributed by atoms with Crippen LogP contribution in [0.4, 0.5) is 4.39 Å². The molecule has 0 aliphatic rings. The van der Waals surface area contributed by atoms with Crippen LogP contribution in [0.25, 0.3) is 0 Å². The molecule has 1 N–H and O–H groups in total. The zero-order valence-corrected chi connectivity index (χ0v) is 13.8. The molecular formula is C16H19BrFNO2. The van der Waals surface area contributed by atoms with Crippen LogP contribution in [-0.2, 0) is 13.1 Å². The predicted molar refractivity (Wildman–Crippen MR) is 86.8 cm³/mol. The Kier molecular flexibility index (Phi) is 7.19. The highest BCUT2D eigenvalue weighted by Crippen LogP contribution is 2.24. The van der Waals surface area contributed by atoms with Gasteiger partial charge in [-0.1, -0.05) is 18.2 Å². The average Bonchev–Trinajstić information content (AvgIpc) is 2.49. The van der Waals surface area contributed by atoms with Crippen LogP contribution in [0, 0.1) is 5.82 Å². The van der Waals surface area contributed by atoms with Crippen LogP contribution in [0.15, 0.2) is 42.5 Å². The highest BCUT2D eigenvalue weighted by molar-refractivity contribution is 8.93. The van der Waals surface area contributed by atoms with E-state index in [1.807, 2.05) is 18.2 Å². The first-order valence-corrected chi connectivity index (χ1v) is 6.39. The van der Waals surface area contributed by atoms with Crippen molar-refractivity contribution in [3.63, 3.8) is 0 Å². The number of ether oxygens (including phenoxy) is 2. The molecule has 0 atom stereocenters. The molecule has 2 aromatic carbocycles. The van der Waals surface area contributed by atoms with Gasteiger partial charge in [-0.2, -0.15) is 0 Å². The van der Waals surface area contributed by atoms with Gasteiger partial charge in [0.25, 0.3) is 0 Å². The quantitative estimate of drug-likeness (QED) is 0.856. The van der Waals surface area contributed by atoms with Crippen LogP contribution < -0.4 is 14.8 Å². The molecular weight excluding hydrogens is 337 g/mol. The molecule has 5 heteroatoms. The van der Waals surface area contributed by atoms with E-state index in [0.29, 0.717) is 13.1 Å². The Balaban J connectivity index is 0.00000220. The van der Waals surface area contributed by atoms with Gasteiger partial charge < -0.3 is 14.8 Å². The molecule has 0 heterocycles. The van der Waals surface area contributed by atoms with Crippen LogP contribution in [-0.4, -0.2) is 14.2 Å². The summed E-state index contributed by atoms with van der Waals surface area (Å²) in [5.74, 6) is 1.34. The van der Waals surface area contributed by atoms with E-state index in [-0.39, 0.29) is 22.8 Å². The zero-order chi connectivity index (χ0) is 14.4. The summed E-state index contributed by atoms with van der Waals surface area (Å²) in [6.45, 7) is 1.35. The van der Waals surface area contributed by atoms with Crippen molar-refractivity contribution in [2.24, 2.45) is 0 Å². The summed E-state index contributed by atoms with van der Waals surface area (Å²) in [6.07, 6.45) is 0. The van der Waals surface area contributed by atoms with Gasteiger partial charge in [-0.3, -0.25) is 0 Å². The third-order valence-corrected chi connectivity index (χ3v) is 3.05. The number of benzene rings is 2. The largest absolute Gasteiger partial charge is 0.497 e. The first kappa shape index (κ1) is 17.5. The molecule has 0 aliphatic heterocycles. The van der Waals surface area contributed by atoms with Crippen LogP contribution in [0.3, 0.4) is 0 Å². The standard InChI is InChI=1S/C16H18FNO2.BrH/c1-19-15-8-5-13(16(9-15)20-2)11-18-10-12-3-6-14(17)7-4-12;/h3-9,18H,10-11H2,1-2H3;1H. The summed E-state index contributed by atoms with van der Waals surface area (Å²) in [6, 6.07) is 12.2.